The van der Waals surface area contributed by atoms with Crippen LogP contribution >= 0.6 is 0 Å². The minimum Gasteiger partial charge on any atom is -0.314 e. The van der Waals surface area contributed by atoms with E-state index in [1.165, 1.54) is 18.5 Å². The molecule has 1 aromatic carbocycles. The number of aromatic nitrogens is 2. The van der Waals surface area contributed by atoms with Gasteiger partial charge in [0, 0.05) is 32.2 Å². The molecule has 1 unspecified atom stereocenters. The van der Waals surface area contributed by atoms with Gasteiger partial charge in [0.15, 0.2) is 0 Å². The van der Waals surface area contributed by atoms with Gasteiger partial charge in [-0.15, -0.1) is 0 Å². The molecule has 1 aromatic heterocycles. The van der Waals surface area contributed by atoms with Gasteiger partial charge in [0.1, 0.15) is 18.2 Å². The van der Waals surface area contributed by atoms with Gasteiger partial charge in [-0.25, -0.2) is 4.39 Å². The maximum atomic E-state index is 13.5. The van der Waals surface area contributed by atoms with Crippen LogP contribution in [0.15, 0.2) is 36.7 Å². The second-order valence-corrected chi connectivity index (χ2v) is 5.53. The van der Waals surface area contributed by atoms with Gasteiger partial charge >= 0.3 is 5.69 Å². The van der Waals surface area contributed by atoms with Crippen molar-refractivity contribution in [2.45, 2.75) is 12.6 Å². The van der Waals surface area contributed by atoms with Gasteiger partial charge in [-0.05, 0) is 17.7 Å². The average molecular weight is 319 g/mol. The first-order valence-electron chi connectivity index (χ1n) is 7.50. The van der Waals surface area contributed by atoms with Crippen molar-refractivity contribution in [3.05, 3.63) is 58.2 Å². The highest BCUT2D eigenvalue weighted by molar-refractivity contribution is 5.22. The van der Waals surface area contributed by atoms with Gasteiger partial charge in [-0.1, -0.05) is 12.1 Å². The maximum Gasteiger partial charge on any atom is 0.306 e. The molecule has 7 nitrogen and oxygen atoms in total. The molecule has 1 fully saturated rings. The van der Waals surface area contributed by atoms with Gasteiger partial charge in [-0.2, -0.15) is 5.10 Å². The van der Waals surface area contributed by atoms with Crippen molar-refractivity contribution in [1.82, 2.24) is 20.0 Å². The van der Waals surface area contributed by atoms with E-state index in [0.717, 1.165) is 25.2 Å². The van der Waals surface area contributed by atoms with E-state index in [4.69, 9.17) is 0 Å². The second-order valence-electron chi connectivity index (χ2n) is 5.53. The molecular weight excluding hydrogens is 301 g/mol. The van der Waals surface area contributed by atoms with Crippen LogP contribution in [0.2, 0.25) is 0 Å². The van der Waals surface area contributed by atoms with E-state index in [0.29, 0.717) is 13.1 Å². The molecule has 0 bridgehead atoms. The Bertz CT molecular complexity index is 690. The molecule has 3 rings (SSSR count). The molecule has 0 spiro atoms. The normalized spacial score (nSPS) is 18.9. The summed E-state index contributed by atoms with van der Waals surface area (Å²) in [7, 11) is 0. The Morgan fingerprint density at radius 1 is 1.43 bits per heavy atom. The molecule has 23 heavy (non-hydrogen) atoms. The summed E-state index contributed by atoms with van der Waals surface area (Å²) in [5.41, 5.74) is 0.927. The van der Waals surface area contributed by atoms with E-state index in [1.807, 2.05) is 6.07 Å². The van der Waals surface area contributed by atoms with E-state index < -0.39 is 4.92 Å². The third-order valence-electron chi connectivity index (χ3n) is 4.03. The van der Waals surface area contributed by atoms with Crippen molar-refractivity contribution in [3.63, 3.8) is 0 Å². The van der Waals surface area contributed by atoms with Crippen LogP contribution in [-0.4, -0.2) is 45.8 Å². The molecule has 122 valence electrons. The van der Waals surface area contributed by atoms with Crippen LogP contribution < -0.4 is 5.32 Å². The lowest BCUT2D eigenvalue weighted by atomic mass is 10.0. The molecule has 1 atom stereocenters. The zero-order valence-corrected chi connectivity index (χ0v) is 12.6. The lowest BCUT2D eigenvalue weighted by Gasteiger charge is -2.36. The summed E-state index contributed by atoms with van der Waals surface area (Å²) in [6.45, 7) is 3.71. The molecule has 1 aliphatic rings. The van der Waals surface area contributed by atoms with Gasteiger partial charge < -0.3 is 5.32 Å². The van der Waals surface area contributed by atoms with E-state index in [1.54, 1.807) is 16.8 Å². The molecule has 0 radical (unpaired) electrons. The van der Waals surface area contributed by atoms with Gasteiger partial charge in [0.05, 0.1) is 11.5 Å². The SMILES string of the molecule is O=[N+]([O-])c1cnn(CCN2CCNCC2c2cccc(F)c2)c1. The monoisotopic (exact) mass is 319 g/mol. The van der Waals surface area contributed by atoms with Crippen LogP contribution in [0.25, 0.3) is 0 Å². The molecule has 1 saturated heterocycles. The minimum absolute atomic E-state index is 0.00742. The van der Waals surface area contributed by atoms with E-state index in [9.17, 15) is 14.5 Å². The van der Waals surface area contributed by atoms with Crippen LogP contribution in [-0.2, 0) is 6.54 Å². The summed E-state index contributed by atoms with van der Waals surface area (Å²) in [5.74, 6) is -0.240. The van der Waals surface area contributed by atoms with Crippen molar-refractivity contribution < 1.29 is 9.31 Å². The Balaban J connectivity index is 1.67. The van der Waals surface area contributed by atoms with E-state index in [2.05, 4.69) is 15.3 Å². The summed E-state index contributed by atoms with van der Waals surface area (Å²) < 4.78 is 15.0. The first kappa shape index (κ1) is 15.6. The molecule has 1 N–H and O–H groups in total. The average Bonchev–Trinajstić information content (AvgIpc) is 3.02. The van der Waals surface area contributed by atoms with E-state index >= 15 is 0 Å². The number of nitrogens with one attached hydrogen (secondary N) is 1. The number of nitrogens with zero attached hydrogens (tertiary/aromatic N) is 4. The lowest BCUT2D eigenvalue weighted by Crippen LogP contribution is -2.47. The largest absolute Gasteiger partial charge is 0.314 e. The first-order valence-corrected chi connectivity index (χ1v) is 7.50. The van der Waals surface area contributed by atoms with Crippen molar-refractivity contribution in [2.24, 2.45) is 0 Å². The highest BCUT2D eigenvalue weighted by atomic mass is 19.1. The fraction of sp³-hybridized carbons (Fsp3) is 0.400. The Labute approximate surface area is 132 Å². The zero-order chi connectivity index (χ0) is 16.2. The molecular formula is C15H18FN5O2. The minimum atomic E-state index is -0.454. The summed E-state index contributed by atoms with van der Waals surface area (Å²) in [5, 5.41) is 18.0. The smallest absolute Gasteiger partial charge is 0.306 e. The summed E-state index contributed by atoms with van der Waals surface area (Å²) >= 11 is 0. The van der Waals surface area contributed by atoms with Crippen LogP contribution in [0.1, 0.15) is 11.6 Å². The highest BCUT2D eigenvalue weighted by Gasteiger charge is 2.24. The van der Waals surface area contributed by atoms with Gasteiger partial charge in [-0.3, -0.25) is 19.7 Å². The topological polar surface area (TPSA) is 76.2 Å². The fourth-order valence-electron chi connectivity index (χ4n) is 2.86. The number of rotatable bonds is 5. The third kappa shape index (κ3) is 3.72. The number of nitro groups is 1. The van der Waals surface area contributed by atoms with Gasteiger partial charge in [0.2, 0.25) is 0 Å². The van der Waals surface area contributed by atoms with Crippen LogP contribution in [0.4, 0.5) is 10.1 Å². The van der Waals surface area contributed by atoms with Crippen molar-refractivity contribution in [2.75, 3.05) is 26.2 Å². The predicted octanol–water partition coefficient (Wildman–Crippen LogP) is 1.58. The molecule has 0 amide bonds. The molecule has 0 saturated carbocycles. The summed E-state index contributed by atoms with van der Waals surface area (Å²) in [4.78, 5) is 12.5. The van der Waals surface area contributed by atoms with Crippen molar-refractivity contribution >= 4 is 5.69 Å². The van der Waals surface area contributed by atoms with Crippen LogP contribution in [0.3, 0.4) is 0 Å². The molecule has 0 aliphatic carbocycles. The molecule has 1 aliphatic heterocycles. The second kappa shape index (κ2) is 6.84. The number of hydrogen-bond donors (Lipinski definition) is 1. The Morgan fingerprint density at radius 2 is 2.30 bits per heavy atom. The quantitative estimate of drug-likeness (QED) is 0.669. The van der Waals surface area contributed by atoms with E-state index in [-0.39, 0.29) is 17.5 Å². The Hall–Kier alpha value is -2.32. The van der Waals surface area contributed by atoms with Crippen LogP contribution in [0.5, 0.6) is 0 Å². The fourth-order valence-corrected chi connectivity index (χ4v) is 2.86. The standard InChI is InChI=1S/C15H18FN5O2/c16-13-3-1-2-12(8-13)15-10-17-4-5-19(15)6-7-20-11-14(9-18-20)21(22)23/h1-3,8-9,11,15,17H,4-7,10H2. The number of piperazine rings is 1. The molecule has 2 aromatic rings. The number of halogens is 1. The molecule has 2 heterocycles. The molecule has 8 heteroatoms. The maximum absolute atomic E-state index is 13.5. The number of hydrogen-bond acceptors (Lipinski definition) is 5. The Morgan fingerprint density at radius 3 is 3.04 bits per heavy atom. The zero-order valence-electron chi connectivity index (χ0n) is 12.6. The first-order chi connectivity index (χ1) is 11.1. The van der Waals surface area contributed by atoms with Crippen molar-refractivity contribution in [3.8, 4) is 0 Å². The summed E-state index contributed by atoms with van der Waals surface area (Å²) in [6, 6.07) is 6.72. The highest BCUT2D eigenvalue weighted by Crippen LogP contribution is 2.22. The predicted molar refractivity (Wildman–Crippen MR) is 82.5 cm³/mol. The van der Waals surface area contributed by atoms with Crippen LogP contribution in [0, 0.1) is 15.9 Å². The van der Waals surface area contributed by atoms with Crippen molar-refractivity contribution in [1.29, 1.82) is 0 Å². The van der Waals surface area contributed by atoms with Gasteiger partial charge in [0.25, 0.3) is 0 Å². The summed E-state index contributed by atoms with van der Waals surface area (Å²) in [6.07, 6.45) is 2.68. The Kier molecular flexibility index (Phi) is 4.63. The third-order valence-corrected chi connectivity index (χ3v) is 4.03. The number of benzene rings is 1. The lowest BCUT2D eigenvalue weighted by molar-refractivity contribution is -0.385.